The average molecular weight is 318 g/mol. The average Bonchev–Trinajstić information content (AvgIpc) is 2.36. The fourth-order valence-corrected chi connectivity index (χ4v) is 3.24. The Kier molecular flexibility index (Phi) is 4.90. The van der Waals surface area contributed by atoms with Crippen molar-refractivity contribution >= 4 is 27.3 Å². The van der Waals surface area contributed by atoms with Gasteiger partial charge in [-0.3, -0.25) is 0 Å². The molecule has 2 rings (SSSR count). The summed E-state index contributed by atoms with van der Waals surface area (Å²) in [5, 5.41) is 8.87. The SMILES string of the molecule is CN1CCCC(CNc2cc(S(N)(=O)=O)ccc2Cl)C1. The van der Waals surface area contributed by atoms with E-state index in [0.29, 0.717) is 16.6 Å². The Balaban J connectivity index is 2.05. The number of nitrogens with one attached hydrogen (secondary N) is 1. The number of sulfonamides is 1. The smallest absolute Gasteiger partial charge is 0.238 e. The standard InChI is InChI=1S/C13H20ClN3O2S/c1-17-6-2-3-10(9-17)8-16-13-7-11(20(15,18)19)4-5-12(13)14/h4-5,7,10,16H,2-3,6,8-9H2,1H3,(H2,15,18,19). The van der Waals surface area contributed by atoms with Gasteiger partial charge in [-0.25, -0.2) is 13.6 Å². The molecule has 1 aliphatic rings. The number of nitrogens with two attached hydrogens (primary N) is 1. The highest BCUT2D eigenvalue weighted by atomic mass is 35.5. The number of benzene rings is 1. The molecule has 0 radical (unpaired) electrons. The van der Waals surface area contributed by atoms with Gasteiger partial charge in [0.05, 0.1) is 15.6 Å². The number of hydrogen-bond donors (Lipinski definition) is 2. The molecule has 112 valence electrons. The first-order valence-corrected chi connectivity index (χ1v) is 8.53. The molecular weight excluding hydrogens is 298 g/mol. The van der Waals surface area contributed by atoms with E-state index in [1.54, 1.807) is 6.07 Å². The summed E-state index contributed by atoms with van der Waals surface area (Å²) in [6.45, 7) is 2.95. The Morgan fingerprint density at radius 2 is 2.25 bits per heavy atom. The number of piperidine rings is 1. The minimum Gasteiger partial charge on any atom is -0.383 e. The summed E-state index contributed by atoms with van der Waals surface area (Å²) in [5.41, 5.74) is 0.617. The number of rotatable bonds is 4. The fourth-order valence-electron chi connectivity index (χ4n) is 2.51. The van der Waals surface area contributed by atoms with Crippen LogP contribution in [0.15, 0.2) is 23.1 Å². The summed E-state index contributed by atoms with van der Waals surface area (Å²) in [5.74, 6) is 0.544. The number of hydrogen-bond acceptors (Lipinski definition) is 4. The van der Waals surface area contributed by atoms with E-state index < -0.39 is 10.0 Å². The van der Waals surface area contributed by atoms with Crippen molar-refractivity contribution in [2.45, 2.75) is 17.7 Å². The van der Waals surface area contributed by atoms with Gasteiger partial charge in [-0.15, -0.1) is 0 Å². The molecule has 0 amide bonds. The van der Waals surface area contributed by atoms with E-state index in [1.807, 2.05) is 0 Å². The fraction of sp³-hybridized carbons (Fsp3) is 0.538. The second-order valence-corrected chi connectivity index (χ2v) is 7.31. The third-order valence-corrected chi connectivity index (χ3v) is 4.81. The van der Waals surface area contributed by atoms with Gasteiger partial charge in [0.2, 0.25) is 10.0 Å². The first-order chi connectivity index (χ1) is 9.36. The highest BCUT2D eigenvalue weighted by Gasteiger charge is 2.17. The molecule has 0 aromatic heterocycles. The molecule has 1 aromatic rings. The van der Waals surface area contributed by atoms with E-state index in [9.17, 15) is 8.42 Å². The zero-order valence-electron chi connectivity index (χ0n) is 11.5. The summed E-state index contributed by atoms with van der Waals surface area (Å²) in [6, 6.07) is 4.46. The highest BCUT2D eigenvalue weighted by molar-refractivity contribution is 7.89. The van der Waals surface area contributed by atoms with Crippen LogP contribution < -0.4 is 10.5 Å². The normalized spacial score (nSPS) is 20.9. The van der Waals surface area contributed by atoms with Gasteiger partial charge >= 0.3 is 0 Å². The molecule has 1 fully saturated rings. The number of likely N-dealkylation sites (tertiary alicyclic amines) is 1. The van der Waals surface area contributed by atoms with Crippen molar-refractivity contribution in [2.75, 3.05) is 32.0 Å². The molecule has 1 aliphatic heterocycles. The summed E-state index contributed by atoms with van der Waals surface area (Å²) < 4.78 is 22.7. The van der Waals surface area contributed by atoms with Crippen LogP contribution in [-0.2, 0) is 10.0 Å². The molecule has 1 aromatic carbocycles. The lowest BCUT2D eigenvalue weighted by atomic mass is 9.98. The number of nitrogens with zero attached hydrogens (tertiary/aromatic N) is 1. The Morgan fingerprint density at radius 3 is 2.90 bits per heavy atom. The second-order valence-electron chi connectivity index (χ2n) is 5.34. The zero-order chi connectivity index (χ0) is 14.8. The first kappa shape index (κ1) is 15.6. The lowest BCUT2D eigenvalue weighted by Gasteiger charge is -2.30. The van der Waals surface area contributed by atoms with Crippen molar-refractivity contribution in [2.24, 2.45) is 11.1 Å². The van der Waals surface area contributed by atoms with Crippen LogP contribution in [0.3, 0.4) is 0 Å². The molecule has 0 spiro atoms. The molecule has 5 nitrogen and oxygen atoms in total. The maximum absolute atomic E-state index is 11.3. The quantitative estimate of drug-likeness (QED) is 0.887. The van der Waals surface area contributed by atoms with E-state index in [0.717, 1.165) is 19.6 Å². The number of anilines is 1. The molecular formula is C13H20ClN3O2S. The van der Waals surface area contributed by atoms with E-state index >= 15 is 0 Å². The van der Waals surface area contributed by atoms with Crippen LogP contribution in [0.2, 0.25) is 5.02 Å². The zero-order valence-corrected chi connectivity index (χ0v) is 13.0. The van der Waals surface area contributed by atoms with Crippen LogP contribution in [0.4, 0.5) is 5.69 Å². The molecule has 20 heavy (non-hydrogen) atoms. The van der Waals surface area contributed by atoms with Crippen LogP contribution in [0.5, 0.6) is 0 Å². The van der Waals surface area contributed by atoms with Crippen molar-refractivity contribution in [3.63, 3.8) is 0 Å². The van der Waals surface area contributed by atoms with Crippen molar-refractivity contribution < 1.29 is 8.42 Å². The maximum atomic E-state index is 11.3. The van der Waals surface area contributed by atoms with E-state index in [-0.39, 0.29) is 4.90 Å². The van der Waals surface area contributed by atoms with Crippen LogP contribution in [0.1, 0.15) is 12.8 Å². The lowest BCUT2D eigenvalue weighted by Crippen LogP contribution is -2.35. The molecule has 1 heterocycles. The number of halogens is 1. The Hall–Kier alpha value is -0.820. The molecule has 1 saturated heterocycles. The molecule has 0 saturated carbocycles. The predicted octanol–water partition coefficient (Wildman–Crippen LogP) is 1.74. The predicted molar refractivity (Wildman–Crippen MR) is 81.5 cm³/mol. The summed E-state index contributed by atoms with van der Waals surface area (Å²) in [4.78, 5) is 2.38. The minimum absolute atomic E-state index is 0.0742. The van der Waals surface area contributed by atoms with Gasteiger partial charge in [-0.2, -0.15) is 0 Å². The maximum Gasteiger partial charge on any atom is 0.238 e. The van der Waals surface area contributed by atoms with Crippen molar-refractivity contribution in [1.29, 1.82) is 0 Å². The summed E-state index contributed by atoms with van der Waals surface area (Å²) in [7, 11) is -1.59. The Morgan fingerprint density at radius 1 is 1.50 bits per heavy atom. The van der Waals surface area contributed by atoms with Gasteiger partial charge in [-0.1, -0.05) is 11.6 Å². The third kappa shape index (κ3) is 4.09. The first-order valence-electron chi connectivity index (χ1n) is 6.61. The number of primary sulfonamides is 1. The van der Waals surface area contributed by atoms with Crippen LogP contribution in [0, 0.1) is 5.92 Å². The molecule has 1 atom stereocenters. The van der Waals surface area contributed by atoms with E-state index in [4.69, 9.17) is 16.7 Å². The summed E-state index contributed by atoms with van der Waals surface area (Å²) in [6.07, 6.45) is 2.36. The highest BCUT2D eigenvalue weighted by Crippen LogP contribution is 2.25. The molecule has 1 unspecified atom stereocenters. The Bertz CT molecular complexity index is 577. The van der Waals surface area contributed by atoms with Crippen LogP contribution in [0.25, 0.3) is 0 Å². The third-order valence-electron chi connectivity index (χ3n) is 3.57. The van der Waals surface area contributed by atoms with E-state index in [2.05, 4.69) is 17.3 Å². The monoisotopic (exact) mass is 317 g/mol. The van der Waals surface area contributed by atoms with Gasteiger partial charge in [0.15, 0.2) is 0 Å². The lowest BCUT2D eigenvalue weighted by molar-refractivity contribution is 0.217. The van der Waals surface area contributed by atoms with Crippen molar-refractivity contribution in [3.8, 4) is 0 Å². The molecule has 0 aliphatic carbocycles. The Labute approximate surface area is 125 Å². The molecule has 3 N–H and O–H groups in total. The summed E-state index contributed by atoms with van der Waals surface area (Å²) >= 11 is 6.08. The minimum atomic E-state index is -3.70. The topological polar surface area (TPSA) is 75.4 Å². The van der Waals surface area contributed by atoms with Gasteiger partial charge < -0.3 is 10.2 Å². The second kappa shape index (κ2) is 6.30. The van der Waals surface area contributed by atoms with Crippen LogP contribution >= 0.6 is 11.6 Å². The molecule has 0 bridgehead atoms. The van der Waals surface area contributed by atoms with Gasteiger partial charge in [0.25, 0.3) is 0 Å². The van der Waals surface area contributed by atoms with Gasteiger partial charge in [0, 0.05) is 13.1 Å². The van der Waals surface area contributed by atoms with Gasteiger partial charge in [0.1, 0.15) is 0 Å². The van der Waals surface area contributed by atoms with Crippen molar-refractivity contribution in [3.05, 3.63) is 23.2 Å². The van der Waals surface area contributed by atoms with Gasteiger partial charge in [-0.05, 0) is 50.6 Å². The molecule has 7 heteroatoms. The van der Waals surface area contributed by atoms with Crippen LogP contribution in [-0.4, -0.2) is 40.0 Å². The van der Waals surface area contributed by atoms with E-state index in [1.165, 1.54) is 25.0 Å². The largest absolute Gasteiger partial charge is 0.383 e. The van der Waals surface area contributed by atoms with Crippen molar-refractivity contribution in [1.82, 2.24) is 4.90 Å².